The van der Waals surface area contributed by atoms with E-state index in [2.05, 4.69) is 10.6 Å². The smallest absolute Gasteiger partial charge is 0.338 e. The Morgan fingerprint density at radius 1 is 0.900 bits per heavy atom. The zero-order valence-electron chi connectivity index (χ0n) is 16.7. The molecule has 0 spiro atoms. The highest BCUT2D eigenvalue weighted by atomic mass is 16.5. The predicted octanol–water partition coefficient (Wildman–Crippen LogP) is 1.61. The maximum atomic E-state index is 12.0. The summed E-state index contributed by atoms with van der Waals surface area (Å²) in [7, 11) is 0. The zero-order chi connectivity index (χ0) is 21.8. The largest absolute Gasteiger partial charge is 0.494 e. The molecular weight excluding hydrogens is 390 g/mol. The van der Waals surface area contributed by atoms with Gasteiger partial charge in [0.15, 0.2) is 6.61 Å². The molecule has 0 saturated heterocycles. The Balaban J connectivity index is 1.64. The Bertz CT molecular complexity index is 837. The van der Waals surface area contributed by atoms with E-state index in [0.29, 0.717) is 17.9 Å². The van der Waals surface area contributed by atoms with Crippen molar-refractivity contribution >= 4 is 17.9 Å². The van der Waals surface area contributed by atoms with Gasteiger partial charge in [0.05, 0.1) is 18.7 Å². The van der Waals surface area contributed by atoms with Crippen molar-refractivity contribution in [2.24, 2.45) is 5.73 Å². The van der Waals surface area contributed by atoms with Crippen molar-refractivity contribution in [3.05, 3.63) is 59.7 Å². The number of ether oxygens (including phenoxy) is 3. The van der Waals surface area contributed by atoms with E-state index in [9.17, 15) is 14.4 Å². The Morgan fingerprint density at radius 3 is 2.13 bits per heavy atom. The SMILES string of the molecule is CCOc1ccc(OCCNC(=O)COC(=O)c2ccc(CNC(N)=O)cc2)cc1. The number of nitrogens with two attached hydrogens (primary N) is 1. The molecule has 0 unspecified atom stereocenters. The topological polar surface area (TPSA) is 129 Å². The first-order valence-electron chi connectivity index (χ1n) is 9.39. The van der Waals surface area contributed by atoms with Crippen LogP contribution in [0.2, 0.25) is 0 Å². The second-order valence-corrected chi connectivity index (χ2v) is 6.09. The fraction of sp³-hybridized carbons (Fsp3) is 0.286. The minimum absolute atomic E-state index is 0.256. The van der Waals surface area contributed by atoms with Gasteiger partial charge in [-0.1, -0.05) is 12.1 Å². The quantitative estimate of drug-likeness (QED) is 0.378. The van der Waals surface area contributed by atoms with Gasteiger partial charge in [-0.15, -0.1) is 0 Å². The molecule has 3 amide bonds. The van der Waals surface area contributed by atoms with Crippen molar-refractivity contribution in [1.82, 2.24) is 10.6 Å². The molecule has 0 aliphatic carbocycles. The molecule has 2 aromatic carbocycles. The molecule has 2 aromatic rings. The van der Waals surface area contributed by atoms with Crippen molar-refractivity contribution in [1.29, 1.82) is 0 Å². The number of hydrogen-bond acceptors (Lipinski definition) is 6. The number of esters is 1. The lowest BCUT2D eigenvalue weighted by atomic mass is 10.1. The maximum Gasteiger partial charge on any atom is 0.338 e. The average molecular weight is 415 g/mol. The lowest BCUT2D eigenvalue weighted by Gasteiger charge is -2.09. The molecular formula is C21H25N3O6. The fourth-order valence-electron chi connectivity index (χ4n) is 2.37. The Kier molecular flexibility index (Phi) is 8.98. The Morgan fingerprint density at radius 2 is 1.53 bits per heavy atom. The third-order valence-corrected chi connectivity index (χ3v) is 3.82. The molecule has 160 valence electrons. The third-order valence-electron chi connectivity index (χ3n) is 3.82. The highest BCUT2D eigenvalue weighted by Gasteiger charge is 2.10. The number of nitrogens with one attached hydrogen (secondary N) is 2. The van der Waals surface area contributed by atoms with Gasteiger partial charge in [0.1, 0.15) is 18.1 Å². The molecule has 0 aliphatic rings. The van der Waals surface area contributed by atoms with Gasteiger partial charge >= 0.3 is 12.0 Å². The van der Waals surface area contributed by atoms with Crippen LogP contribution in [0.15, 0.2) is 48.5 Å². The van der Waals surface area contributed by atoms with E-state index in [4.69, 9.17) is 19.9 Å². The summed E-state index contributed by atoms with van der Waals surface area (Å²) in [6.07, 6.45) is 0. The number of amides is 3. The van der Waals surface area contributed by atoms with E-state index in [-0.39, 0.29) is 19.7 Å². The minimum atomic E-state index is -0.630. The van der Waals surface area contributed by atoms with E-state index < -0.39 is 24.5 Å². The third kappa shape index (κ3) is 8.09. The monoisotopic (exact) mass is 415 g/mol. The molecule has 2 rings (SSSR count). The Hall–Kier alpha value is -3.75. The molecule has 0 bridgehead atoms. The van der Waals surface area contributed by atoms with Crippen LogP contribution in [0, 0.1) is 0 Å². The summed E-state index contributed by atoms with van der Waals surface area (Å²) in [6.45, 7) is 2.90. The molecule has 0 radical (unpaired) electrons. The van der Waals surface area contributed by atoms with Gasteiger partial charge in [0.25, 0.3) is 5.91 Å². The first-order chi connectivity index (χ1) is 14.5. The molecule has 0 aliphatic heterocycles. The van der Waals surface area contributed by atoms with Crippen LogP contribution in [0.5, 0.6) is 11.5 Å². The summed E-state index contributed by atoms with van der Waals surface area (Å²) in [5, 5.41) is 5.06. The van der Waals surface area contributed by atoms with E-state index in [0.717, 1.165) is 11.3 Å². The lowest BCUT2D eigenvalue weighted by Crippen LogP contribution is -2.32. The summed E-state index contributed by atoms with van der Waals surface area (Å²) in [6, 6.07) is 12.9. The van der Waals surface area contributed by atoms with Crippen molar-refractivity contribution < 1.29 is 28.6 Å². The number of hydrogen-bond donors (Lipinski definition) is 3. The van der Waals surface area contributed by atoms with Crippen molar-refractivity contribution in [2.75, 3.05) is 26.4 Å². The summed E-state index contributed by atoms with van der Waals surface area (Å²) in [5.41, 5.74) is 6.07. The van der Waals surface area contributed by atoms with Crippen molar-refractivity contribution in [3.8, 4) is 11.5 Å². The van der Waals surface area contributed by atoms with Crippen LogP contribution in [0.25, 0.3) is 0 Å². The molecule has 30 heavy (non-hydrogen) atoms. The van der Waals surface area contributed by atoms with Gasteiger partial charge < -0.3 is 30.6 Å². The number of urea groups is 1. The second kappa shape index (κ2) is 11.9. The molecule has 0 aromatic heterocycles. The molecule has 0 fully saturated rings. The van der Waals surface area contributed by atoms with Gasteiger partial charge in [-0.05, 0) is 48.9 Å². The van der Waals surface area contributed by atoms with Crippen molar-refractivity contribution in [3.63, 3.8) is 0 Å². The van der Waals surface area contributed by atoms with Crippen LogP contribution in [0.4, 0.5) is 4.79 Å². The second-order valence-electron chi connectivity index (χ2n) is 6.09. The van der Waals surface area contributed by atoms with Gasteiger partial charge in [-0.2, -0.15) is 0 Å². The minimum Gasteiger partial charge on any atom is -0.494 e. The van der Waals surface area contributed by atoms with Crippen LogP contribution >= 0.6 is 0 Å². The number of carbonyl (C=O) groups is 3. The highest BCUT2D eigenvalue weighted by molar-refractivity contribution is 5.91. The molecule has 9 heteroatoms. The van der Waals surface area contributed by atoms with Gasteiger partial charge in [0.2, 0.25) is 0 Å². The molecule has 0 atom stereocenters. The van der Waals surface area contributed by atoms with Crippen LogP contribution in [0.1, 0.15) is 22.8 Å². The van der Waals surface area contributed by atoms with E-state index in [1.54, 1.807) is 48.5 Å². The summed E-state index contributed by atoms with van der Waals surface area (Å²) >= 11 is 0. The van der Waals surface area contributed by atoms with Crippen LogP contribution in [-0.4, -0.2) is 44.3 Å². The first kappa shape index (κ1) is 22.5. The van der Waals surface area contributed by atoms with Crippen LogP contribution in [-0.2, 0) is 16.1 Å². The molecule has 4 N–H and O–H groups in total. The zero-order valence-corrected chi connectivity index (χ0v) is 16.7. The van der Waals surface area contributed by atoms with Gasteiger partial charge in [0, 0.05) is 6.54 Å². The molecule has 0 heterocycles. The molecule has 9 nitrogen and oxygen atoms in total. The number of benzene rings is 2. The number of rotatable bonds is 11. The van der Waals surface area contributed by atoms with Crippen LogP contribution < -0.4 is 25.8 Å². The van der Waals surface area contributed by atoms with E-state index >= 15 is 0 Å². The lowest BCUT2D eigenvalue weighted by molar-refractivity contribution is -0.124. The summed E-state index contributed by atoms with van der Waals surface area (Å²) in [4.78, 5) is 34.5. The normalized spacial score (nSPS) is 10.0. The highest BCUT2D eigenvalue weighted by Crippen LogP contribution is 2.17. The fourth-order valence-corrected chi connectivity index (χ4v) is 2.37. The maximum absolute atomic E-state index is 12.0. The van der Waals surface area contributed by atoms with Gasteiger partial charge in [-0.3, -0.25) is 4.79 Å². The van der Waals surface area contributed by atoms with Gasteiger partial charge in [-0.25, -0.2) is 9.59 Å². The average Bonchev–Trinajstić information content (AvgIpc) is 2.75. The predicted molar refractivity (Wildman–Crippen MR) is 109 cm³/mol. The summed E-state index contributed by atoms with van der Waals surface area (Å²) in [5.74, 6) is 0.372. The standard InChI is InChI=1S/C21H25N3O6/c1-2-28-17-7-9-18(10-8-17)29-12-11-23-19(25)14-30-20(26)16-5-3-15(4-6-16)13-24-21(22)27/h3-10H,2,11-14H2,1H3,(H,23,25)(H3,22,24,27). The van der Waals surface area contributed by atoms with Crippen LogP contribution in [0.3, 0.4) is 0 Å². The first-order valence-corrected chi connectivity index (χ1v) is 9.39. The van der Waals surface area contributed by atoms with E-state index in [1.807, 2.05) is 6.92 Å². The van der Waals surface area contributed by atoms with Crippen molar-refractivity contribution in [2.45, 2.75) is 13.5 Å². The summed E-state index contributed by atoms with van der Waals surface area (Å²) < 4.78 is 15.8. The Labute approximate surface area is 174 Å². The van der Waals surface area contributed by atoms with E-state index in [1.165, 1.54) is 0 Å². The number of carbonyl (C=O) groups excluding carboxylic acids is 3. The number of primary amides is 1. The molecule has 0 saturated carbocycles.